The van der Waals surface area contributed by atoms with Gasteiger partial charge in [-0.05, 0) is 27.4 Å². The van der Waals surface area contributed by atoms with E-state index in [1.165, 1.54) is 5.56 Å². The van der Waals surface area contributed by atoms with E-state index in [2.05, 4.69) is 80.5 Å². The number of hydrogen-bond donors (Lipinski definition) is 1. The maximum absolute atomic E-state index is 11.7. The van der Waals surface area contributed by atoms with Gasteiger partial charge in [0, 0.05) is 0 Å². The third-order valence-electron chi connectivity index (χ3n) is 4.30. The zero-order valence-electron chi connectivity index (χ0n) is 14.8. The van der Waals surface area contributed by atoms with Gasteiger partial charge in [-0.15, -0.1) is 0 Å². The smallest absolute Gasteiger partial charge is 0.0995 e. The SMILES string of the molecule is CC(C)(C)c1ccccc1C(O)(C(C)(C)C)C(C)(C)C. The van der Waals surface area contributed by atoms with Crippen LogP contribution in [-0.4, -0.2) is 5.11 Å². The van der Waals surface area contributed by atoms with Gasteiger partial charge in [0.2, 0.25) is 0 Å². The quantitative estimate of drug-likeness (QED) is 0.741. The van der Waals surface area contributed by atoms with E-state index in [-0.39, 0.29) is 16.2 Å². The molecule has 0 spiro atoms. The summed E-state index contributed by atoms with van der Waals surface area (Å²) in [6.45, 7) is 19.4. The molecule has 0 bridgehead atoms. The van der Waals surface area contributed by atoms with Crippen molar-refractivity contribution >= 4 is 0 Å². The van der Waals surface area contributed by atoms with E-state index < -0.39 is 5.60 Å². The van der Waals surface area contributed by atoms with Gasteiger partial charge in [0.1, 0.15) is 0 Å². The highest BCUT2D eigenvalue weighted by Gasteiger charge is 2.51. The molecule has 0 unspecified atom stereocenters. The molecule has 1 aromatic rings. The molecule has 0 amide bonds. The second-order valence-corrected chi connectivity index (χ2v) is 9.01. The van der Waals surface area contributed by atoms with Crippen LogP contribution < -0.4 is 0 Å². The van der Waals surface area contributed by atoms with Crippen LogP contribution in [0.25, 0.3) is 0 Å². The van der Waals surface area contributed by atoms with Gasteiger partial charge in [0.05, 0.1) is 5.60 Å². The monoisotopic (exact) mass is 276 g/mol. The minimum Gasteiger partial charge on any atom is -0.384 e. The third-order valence-corrected chi connectivity index (χ3v) is 4.30. The van der Waals surface area contributed by atoms with Crippen LogP contribution in [0.5, 0.6) is 0 Å². The summed E-state index contributed by atoms with van der Waals surface area (Å²) in [6.07, 6.45) is 0. The predicted octanol–water partition coefficient (Wildman–Crippen LogP) is 5.26. The number of aliphatic hydroxyl groups is 1. The van der Waals surface area contributed by atoms with Crippen molar-refractivity contribution in [1.29, 1.82) is 0 Å². The zero-order valence-corrected chi connectivity index (χ0v) is 14.8. The lowest BCUT2D eigenvalue weighted by Crippen LogP contribution is -2.51. The van der Waals surface area contributed by atoms with Crippen LogP contribution in [0.15, 0.2) is 24.3 Å². The van der Waals surface area contributed by atoms with Gasteiger partial charge in [-0.25, -0.2) is 0 Å². The molecule has 20 heavy (non-hydrogen) atoms. The van der Waals surface area contributed by atoms with Gasteiger partial charge in [-0.3, -0.25) is 0 Å². The Morgan fingerprint density at radius 1 is 0.650 bits per heavy atom. The molecule has 0 aliphatic heterocycles. The first-order chi connectivity index (χ1) is 8.73. The third kappa shape index (κ3) is 2.79. The van der Waals surface area contributed by atoms with E-state index in [1.807, 2.05) is 6.07 Å². The van der Waals surface area contributed by atoms with Crippen LogP contribution in [0.4, 0.5) is 0 Å². The summed E-state index contributed by atoms with van der Waals surface area (Å²) in [5, 5.41) is 11.7. The molecule has 1 heteroatoms. The average Bonchev–Trinajstić information content (AvgIpc) is 2.23. The summed E-state index contributed by atoms with van der Waals surface area (Å²) in [5.74, 6) is 0. The lowest BCUT2D eigenvalue weighted by atomic mass is 9.57. The Morgan fingerprint density at radius 2 is 1.00 bits per heavy atom. The minimum atomic E-state index is -0.885. The summed E-state index contributed by atoms with van der Waals surface area (Å²) >= 11 is 0. The van der Waals surface area contributed by atoms with Gasteiger partial charge >= 0.3 is 0 Å². The first-order valence-corrected chi connectivity index (χ1v) is 7.55. The van der Waals surface area contributed by atoms with Crippen LogP contribution in [0.1, 0.15) is 73.4 Å². The number of hydrogen-bond acceptors (Lipinski definition) is 1. The van der Waals surface area contributed by atoms with E-state index in [1.54, 1.807) is 0 Å². The molecule has 0 fully saturated rings. The lowest BCUT2D eigenvalue weighted by molar-refractivity contribution is -0.146. The average molecular weight is 276 g/mol. The van der Waals surface area contributed by atoms with Crippen LogP contribution in [0.2, 0.25) is 0 Å². The van der Waals surface area contributed by atoms with Crippen LogP contribution >= 0.6 is 0 Å². The Hall–Kier alpha value is -0.820. The van der Waals surface area contributed by atoms with E-state index in [0.29, 0.717) is 0 Å². The molecule has 0 saturated heterocycles. The van der Waals surface area contributed by atoms with Gasteiger partial charge < -0.3 is 5.11 Å². The van der Waals surface area contributed by atoms with Gasteiger partial charge in [0.25, 0.3) is 0 Å². The highest BCUT2D eigenvalue weighted by molar-refractivity contribution is 5.39. The molecule has 1 rings (SSSR count). The maximum Gasteiger partial charge on any atom is 0.0995 e. The van der Waals surface area contributed by atoms with Crippen LogP contribution in [-0.2, 0) is 11.0 Å². The molecule has 1 N–H and O–H groups in total. The molecule has 0 atom stereocenters. The topological polar surface area (TPSA) is 20.2 Å². The van der Waals surface area contributed by atoms with Crippen molar-refractivity contribution in [1.82, 2.24) is 0 Å². The molecule has 0 aliphatic carbocycles. The molecule has 0 heterocycles. The second-order valence-electron chi connectivity index (χ2n) is 9.01. The Bertz CT molecular complexity index is 450. The van der Waals surface area contributed by atoms with Gasteiger partial charge in [-0.2, -0.15) is 0 Å². The van der Waals surface area contributed by atoms with Gasteiger partial charge in [0.15, 0.2) is 0 Å². The van der Waals surface area contributed by atoms with Crippen molar-refractivity contribution in [2.75, 3.05) is 0 Å². The zero-order chi connectivity index (χ0) is 16.0. The first kappa shape index (κ1) is 17.2. The molecule has 1 aromatic carbocycles. The van der Waals surface area contributed by atoms with Crippen molar-refractivity contribution in [3.8, 4) is 0 Å². The molecule has 0 saturated carbocycles. The number of rotatable bonds is 1. The fraction of sp³-hybridized carbons (Fsp3) is 0.684. The first-order valence-electron chi connectivity index (χ1n) is 7.55. The predicted molar refractivity (Wildman–Crippen MR) is 87.9 cm³/mol. The van der Waals surface area contributed by atoms with Crippen LogP contribution in [0, 0.1) is 10.8 Å². The molecule has 0 radical (unpaired) electrons. The standard InChI is InChI=1S/C19H32O/c1-16(2,3)14-12-10-11-13-15(14)19(20,17(4,5)6)18(7,8)9/h10-13,20H,1-9H3. The van der Waals surface area contributed by atoms with E-state index in [0.717, 1.165) is 5.56 Å². The summed E-state index contributed by atoms with van der Waals surface area (Å²) in [5.41, 5.74) is 0.935. The minimum absolute atomic E-state index is 0.0150. The summed E-state index contributed by atoms with van der Waals surface area (Å²) in [6, 6.07) is 8.34. The second kappa shape index (κ2) is 4.87. The van der Waals surface area contributed by atoms with Crippen molar-refractivity contribution in [2.45, 2.75) is 73.3 Å². The molecule has 0 aromatic heterocycles. The van der Waals surface area contributed by atoms with Crippen LogP contribution in [0.3, 0.4) is 0 Å². The molecular weight excluding hydrogens is 244 g/mol. The van der Waals surface area contributed by atoms with Crippen molar-refractivity contribution in [3.05, 3.63) is 35.4 Å². The lowest BCUT2D eigenvalue weighted by Gasteiger charge is -2.51. The fourth-order valence-corrected chi connectivity index (χ4v) is 3.39. The summed E-state index contributed by atoms with van der Waals surface area (Å²) in [4.78, 5) is 0. The van der Waals surface area contributed by atoms with Crippen molar-refractivity contribution in [2.24, 2.45) is 10.8 Å². The maximum atomic E-state index is 11.7. The number of benzene rings is 1. The molecule has 114 valence electrons. The largest absolute Gasteiger partial charge is 0.384 e. The Labute approximate surface area is 125 Å². The van der Waals surface area contributed by atoms with E-state index in [9.17, 15) is 5.11 Å². The molecule has 0 aliphatic rings. The van der Waals surface area contributed by atoms with Crippen molar-refractivity contribution in [3.63, 3.8) is 0 Å². The molecule has 1 nitrogen and oxygen atoms in total. The Kier molecular flexibility index (Phi) is 4.20. The van der Waals surface area contributed by atoms with E-state index >= 15 is 0 Å². The normalized spacial score (nSPS) is 14.5. The summed E-state index contributed by atoms with van der Waals surface area (Å²) < 4.78 is 0. The van der Waals surface area contributed by atoms with E-state index in [4.69, 9.17) is 0 Å². The van der Waals surface area contributed by atoms with Crippen molar-refractivity contribution < 1.29 is 5.11 Å². The highest BCUT2D eigenvalue weighted by atomic mass is 16.3. The Balaban J connectivity index is 3.70. The highest BCUT2D eigenvalue weighted by Crippen LogP contribution is 2.53. The Morgan fingerprint density at radius 3 is 1.30 bits per heavy atom. The van der Waals surface area contributed by atoms with Gasteiger partial charge in [-0.1, -0.05) is 86.6 Å². The summed E-state index contributed by atoms with van der Waals surface area (Å²) in [7, 11) is 0. The fourth-order valence-electron chi connectivity index (χ4n) is 3.39. The molecular formula is C19H32O.